The molecule has 0 aliphatic heterocycles. The first kappa shape index (κ1) is 16.7. The molecule has 2 heterocycles. The van der Waals surface area contributed by atoms with Crippen molar-refractivity contribution in [3.8, 4) is 0 Å². The van der Waals surface area contributed by atoms with Crippen LogP contribution in [-0.4, -0.2) is 33.5 Å². The van der Waals surface area contributed by atoms with Crippen LogP contribution in [0.25, 0.3) is 0 Å². The molecule has 0 radical (unpaired) electrons. The maximum Gasteiger partial charge on any atom is 0.243 e. The average Bonchev–Trinajstić information content (AvgIpc) is 3.19. The molecule has 1 aromatic carbocycles. The van der Waals surface area contributed by atoms with Gasteiger partial charge in [0.1, 0.15) is 6.04 Å². The lowest BCUT2D eigenvalue weighted by Crippen LogP contribution is -2.36. The first-order valence-corrected chi connectivity index (χ1v) is 8.28. The van der Waals surface area contributed by atoms with Crippen LogP contribution >= 0.6 is 0 Å². The lowest BCUT2D eigenvalue weighted by atomic mass is 10.1. The van der Waals surface area contributed by atoms with Gasteiger partial charge in [0.25, 0.3) is 0 Å². The summed E-state index contributed by atoms with van der Waals surface area (Å²) in [6, 6.07) is 15.4. The Morgan fingerprint density at radius 1 is 0.960 bits per heavy atom. The Morgan fingerprint density at radius 3 is 2.40 bits per heavy atom. The van der Waals surface area contributed by atoms with Crippen LogP contribution in [0.4, 0.5) is 5.95 Å². The summed E-state index contributed by atoms with van der Waals surface area (Å²) in [6.45, 7) is 1.07. The molecule has 0 aliphatic carbocycles. The summed E-state index contributed by atoms with van der Waals surface area (Å²) in [5.74, 6) is 0.554. The van der Waals surface area contributed by atoms with Crippen molar-refractivity contribution in [1.29, 1.82) is 0 Å². The van der Waals surface area contributed by atoms with Crippen molar-refractivity contribution >= 4 is 11.9 Å². The SMILES string of the molecule is O=C(NCCNc1ncccn1)C(Cc1ccccc1)n1cccc1. The number of carbonyl (C=O) groups excluding carboxylic acids is 1. The molecule has 3 aromatic rings. The highest BCUT2D eigenvalue weighted by atomic mass is 16.2. The van der Waals surface area contributed by atoms with Gasteiger partial charge >= 0.3 is 0 Å². The summed E-state index contributed by atoms with van der Waals surface area (Å²) in [6.07, 6.45) is 7.84. The minimum absolute atomic E-state index is 0.00386. The molecule has 0 fully saturated rings. The van der Waals surface area contributed by atoms with Gasteiger partial charge in [-0.25, -0.2) is 9.97 Å². The van der Waals surface area contributed by atoms with Gasteiger partial charge in [0.2, 0.25) is 11.9 Å². The normalized spacial score (nSPS) is 11.7. The Kier molecular flexibility index (Phi) is 5.77. The van der Waals surface area contributed by atoms with Gasteiger partial charge in [-0.1, -0.05) is 30.3 Å². The lowest BCUT2D eigenvalue weighted by Gasteiger charge is -2.19. The minimum atomic E-state index is -0.273. The average molecular weight is 335 g/mol. The third-order valence-corrected chi connectivity index (χ3v) is 3.84. The monoisotopic (exact) mass is 335 g/mol. The fraction of sp³-hybridized carbons (Fsp3) is 0.211. The summed E-state index contributed by atoms with van der Waals surface area (Å²) < 4.78 is 1.94. The van der Waals surface area contributed by atoms with Crippen LogP contribution in [0.1, 0.15) is 11.6 Å². The van der Waals surface area contributed by atoms with Gasteiger partial charge in [0, 0.05) is 44.3 Å². The largest absolute Gasteiger partial charge is 0.353 e. The Balaban J connectivity index is 1.56. The van der Waals surface area contributed by atoms with Gasteiger partial charge in [0.15, 0.2) is 0 Å². The van der Waals surface area contributed by atoms with Crippen molar-refractivity contribution in [3.63, 3.8) is 0 Å². The number of carbonyl (C=O) groups is 1. The third kappa shape index (κ3) is 4.91. The number of aromatic nitrogens is 3. The number of hydrogen-bond acceptors (Lipinski definition) is 4. The number of nitrogens with one attached hydrogen (secondary N) is 2. The summed E-state index contributed by atoms with van der Waals surface area (Å²) in [7, 11) is 0. The zero-order chi connectivity index (χ0) is 17.3. The van der Waals surface area contributed by atoms with Gasteiger partial charge < -0.3 is 15.2 Å². The van der Waals surface area contributed by atoms with E-state index in [4.69, 9.17) is 0 Å². The van der Waals surface area contributed by atoms with Gasteiger partial charge in [-0.05, 0) is 23.8 Å². The predicted octanol–water partition coefficient (Wildman–Crippen LogP) is 2.29. The maximum atomic E-state index is 12.7. The minimum Gasteiger partial charge on any atom is -0.353 e. The second-order valence-corrected chi connectivity index (χ2v) is 5.63. The number of hydrogen-bond donors (Lipinski definition) is 2. The van der Waals surface area contributed by atoms with Crippen LogP contribution in [-0.2, 0) is 11.2 Å². The zero-order valence-electron chi connectivity index (χ0n) is 13.9. The Labute approximate surface area is 146 Å². The molecule has 0 bridgehead atoms. The fourth-order valence-electron chi connectivity index (χ4n) is 2.59. The van der Waals surface area contributed by atoms with Crippen LogP contribution in [0.15, 0.2) is 73.3 Å². The summed E-state index contributed by atoms with van der Waals surface area (Å²) >= 11 is 0. The molecule has 25 heavy (non-hydrogen) atoms. The zero-order valence-corrected chi connectivity index (χ0v) is 13.9. The van der Waals surface area contributed by atoms with E-state index in [0.717, 1.165) is 5.56 Å². The van der Waals surface area contributed by atoms with Crippen molar-refractivity contribution in [2.24, 2.45) is 0 Å². The van der Waals surface area contributed by atoms with Crippen LogP contribution in [0.2, 0.25) is 0 Å². The Hall–Kier alpha value is -3.15. The smallest absolute Gasteiger partial charge is 0.243 e. The van der Waals surface area contributed by atoms with Crippen molar-refractivity contribution in [2.75, 3.05) is 18.4 Å². The third-order valence-electron chi connectivity index (χ3n) is 3.84. The molecule has 0 aliphatic rings. The van der Waals surface area contributed by atoms with Crippen LogP contribution in [0.3, 0.4) is 0 Å². The Morgan fingerprint density at radius 2 is 1.68 bits per heavy atom. The second-order valence-electron chi connectivity index (χ2n) is 5.63. The molecule has 0 saturated carbocycles. The molecule has 2 N–H and O–H groups in total. The van der Waals surface area contributed by atoms with Crippen molar-refractivity contribution in [1.82, 2.24) is 19.9 Å². The highest BCUT2D eigenvalue weighted by Gasteiger charge is 2.19. The standard InChI is InChI=1S/C19H21N5O/c25-18(20-11-12-23-19-21-9-6-10-22-19)17(24-13-4-5-14-24)15-16-7-2-1-3-8-16/h1-10,13-14,17H,11-12,15H2,(H,20,25)(H,21,22,23). The lowest BCUT2D eigenvalue weighted by molar-refractivity contribution is -0.124. The second kappa shape index (κ2) is 8.63. The van der Waals surface area contributed by atoms with Gasteiger partial charge in [0.05, 0.1) is 0 Å². The summed E-state index contributed by atoms with van der Waals surface area (Å²) in [5, 5.41) is 6.06. The molecule has 0 spiro atoms. The molecule has 2 aromatic heterocycles. The van der Waals surface area contributed by atoms with Crippen molar-refractivity contribution in [2.45, 2.75) is 12.5 Å². The molecule has 6 heteroatoms. The molecule has 6 nitrogen and oxygen atoms in total. The van der Waals surface area contributed by atoms with E-state index in [1.54, 1.807) is 18.5 Å². The molecular formula is C19H21N5O. The van der Waals surface area contributed by atoms with E-state index in [1.165, 1.54) is 0 Å². The van der Waals surface area contributed by atoms with Crippen LogP contribution in [0, 0.1) is 0 Å². The molecule has 1 amide bonds. The number of amides is 1. The first-order valence-electron chi connectivity index (χ1n) is 8.28. The number of rotatable bonds is 8. The molecule has 1 unspecified atom stereocenters. The molecule has 3 rings (SSSR count). The number of anilines is 1. The Bertz CT molecular complexity index is 759. The summed E-state index contributed by atoms with van der Waals surface area (Å²) in [5.41, 5.74) is 1.13. The van der Waals surface area contributed by atoms with Crippen molar-refractivity contribution < 1.29 is 4.79 Å². The highest BCUT2D eigenvalue weighted by molar-refractivity contribution is 5.80. The van der Waals surface area contributed by atoms with Crippen molar-refractivity contribution in [3.05, 3.63) is 78.9 Å². The van der Waals surface area contributed by atoms with Crippen LogP contribution in [0.5, 0.6) is 0 Å². The maximum absolute atomic E-state index is 12.7. The fourth-order valence-corrected chi connectivity index (χ4v) is 2.59. The van der Waals surface area contributed by atoms with Crippen LogP contribution < -0.4 is 10.6 Å². The van der Waals surface area contributed by atoms with E-state index >= 15 is 0 Å². The van der Waals surface area contributed by atoms with Gasteiger partial charge in [-0.2, -0.15) is 0 Å². The van der Waals surface area contributed by atoms with E-state index in [2.05, 4.69) is 20.6 Å². The molecule has 1 atom stereocenters. The summed E-state index contributed by atoms with van der Waals surface area (Å²) in [4.78, 5) is 20.8. The van der Waals surface area contributed by atoms with E-state index in [0.29, 0.717) is 25.5 Å². The molecule has 0 saturated heterocycles. The topological polar surface area (TPSA) is 71.8 Å². The molecule has 128 valence electrons. The van der Waals surface area contributed by atoms with E-state index in [9.17, 15) is 4.79 Å². The predicted molar refractivity (Wildman–Crippen MR) is 97.1 cm³/mol. The van der Waals surface area contributed by atoms with E-state index in [-0.39, 0.29) is 11.9 Å². The first-order chi connectivity index (χ1) is 12.3. The number of benzene rings is 1. The van der Waals surface area contributed by atoms with E-state index < -0.39 is 0 Å². The van der Waals surface area contributed by atoms with Gasteiger partial charge in [-0.3, -0.25) is 4.79 Å². The van der Waals surface area contributed by atoms with E-state index in [1.807, 2.05) is 59.4 Å². The highest BCUT2D eigenvalue weighted by Crippen LogP contribution is 2.15. The van der Waals surface area contributed by atoms with Gasteiger partial charge in [-0.15, -0.1) is 0 Å². The number of nitrogens with zero attached hydrogens (tertiary/aromatic N) is 3. The molecular weight excluding hydrogens is 314 g/mol. The quantitative estimate of drug-likeness (QED) is 0.620.